The van der Waals surface area contributed by atoms with Crippen molar-refractivity contribution < 1.29 is 24.6 Å². The Kier molecular flexibility index (Phi) is 9.00. The van der Waals surface area contributed by atoms with Crippen LogP contribution in [0.15, 0.2) is 30.4 Å². The molecule has 168 valence electrons. The maximum Gasteiger partial charge on any atom is 0.328 e. The molecule has 0 amide bonds. The van der Waals surface area contributed by atoms with Crippen molar-refractivity contribution in [3.63, 3.8) is 0 Å². The quantitative estimate of drug-likeness (QED) is 0.287. The molecule has 0 saturated carbocycles. The molecule has 3 rings (SSSR count). The van der Waals surface area contributed by atoms with E-state index in [4.69, 9.17) is 10.2 Å². The van der Waals surface area contributed by atoms with Crippen LogP contribution in [0.4, 0.5) is 0 Å². The summed E-state index contributed by atoms with van der Waals surface area (Å²) >= 11 is 0. The lowest BCUT2D eigenvalue weighted by Gasteiger charge is -2.23. The van der Waals surface area contributed by atoms with Crippen LogP contribution in [0.5, 0.6) is 0 Å². The fourth-order valence-corrected chi connectivity index (χ4v) is 3.70. The van der Waals surface area contributed by atoms with Gasteiger partial charge in [-0.25, -0.2) is 9.59 Å². The Hall–Kier alpha value is -2.93. The minimum Gasteiger partial charge on any atom is -0.478 e. The second kappa shape index (κ2) is 11.5. The van der Waals surface area contributed by atoms with Gasteiger partial charge in [-0.1, -0.05) is 27.2 Å². The van der Waals surface area contributed by atoms with E-state index in [1.54, 1.807) is 0 Å². The van der Waals surface area contributed by atoms with Crippen LogP contribution >= 0.6 is 0 Å². The second-order valence-corrected chi connectivity index (χ2v) is 8.12. The van der Waals surface area contributed by atoms with E-state index >= 15 is 0 Å². The maximum atomic E-state index is 12.3. The summed E-state index contributed by atoms with van der Waals surface area (Å²) in [5.41, 5.74) is 4.79. The molecule has 1 aliphatic carbocycles. The van der Waals surface area contributed by atoms with Gasteiger partial charge in [0.2, 0.25) is 0 Å². The van der Waals surface area contributed by atoms with Gasteiger partial charge in [-0.15, -0.1) is 0 Å². The Labute approximate surface area is 182 Å². The molecule has 31 heavy (non-hydrogen) atoms. The Morgan fingerprint density at radius 2 is 1.87 bits per heavy atom. The number of benzene rings is 1. The summed E-state index contributed by atoms with van der Waals surface area (Å²) in [7, 11) is 0. The van der Waals surface area contributed by atoms with Crippen molar-refractivity contribution >= 4 is 28.6 Å². The molecule has 2 aromatic rings. The van der Waals surface area contributed by atoms with Gasteiger partial charge in [0.1, 0.15) is 0 Å². The molecule has 1 unspecified atom stereocenters. The highest BCUT2D eigenvalue weighted by atomic mass is 16.4. The van der Waals surface area contributed by atoms with E-state index in [2.05, 4.69) is 29.4 Å². The molecule has 0 bridgehead atoms. The van der Waals surface area contributed by atoms with Gasteiger partial charge in [0.05, 0.1) is 0 Å². The van der Waals surface area contributed by atoms with E-state index in [0.29, 0.717) is 18.2 Å². The Morgan fingerprint density at radius 3 is 2.45 bits per heavy atom. The molecule has 1 aromatic carbocycles. The van der Waals surface area contributed by atoms with E-state index in [1.165, 1.54) is 41.4 Å². The number of carboxylic acids is 2. The molecule has 0 radical (unpaired) electrons. The smallest absolute Gasteiger partial charge is 0.328 e. The van der Waals surface area contributed by atoms with Crippen LogP contribution < -0.4 is 5.32 Å². The first-order chi connectivity index (χ1) is 14.7. The fourth-order valence-electron chi connectivity index (χ4n) is 3.70. The van der Waals surface area contributed by atoms with Crippen molar-refractivity contribution in [1.29, 1.82) is 0 Å². The number of hydrogen-bond donors (Lipinski definition) is 4. The van der Waals surface area contributed by atoms with Crippen molar-refractivity contribution in [2.45, 2.75) is 58.9 Å². The van der Waals surface area contributed by atoms with E-state index in [9.17, 15) is 14.4 Å². The molecule has 4 N–H and O–H groups in total. The number of hydrogen-bond acceptors (Lipinski definition) is 4. The zero-order chi connectivity index (χ0) is 23.0. The zero-order valence-electron chi connectivity index (χ0n) is 18.4. The summed E-state index contributed by atoms with van der Waals surface area (Å²) in [5.74, 6) is -2.24. The van der Waals surface area contributed by atoms with Crippen molar-refractivity contribution in [3.8, 4) is 0 Å². The lowest BCUT2D eigenvalue weighted by molar-refractivity contribution is -0.134. The largest absolute Gasteiger partial charge is 0.478 e. The molecular weight excluding hydrogens is 396 g/mol. The first-order valence-corrected chi connectivity index (χ1v) is 10.8. The number of Topliss-reactive ketones (excluding diaryl/α,β-unsaturated/α-hetero) is 1. The summed E-state index contributed by atoms with van der Waals surface area (Å²) in [6.45, 7) is 7.27. The summed E-state index contributed by atoms with van der Waals surface area (Å²) < 4.78 is 0. The minimum absolute atomic E-state index is 0.0469. The molecule has 7 heteroatoms. The van der Waals surface area contributed by atoms with E-state index in [0.717, 1.165) is 24.9 Å². The van der Waals surface area contributed by atoms with Crippen LogP contribution in [-0.4, -0.2) is 45.5 Å². The van der Waals surface area contributed by atoms with Crippen LogP contribution in [0.2, 0.25) is 0 Å². The van der Waals surface area contributed by atoms with Gasteiger partial charge in [-0.05, 0) is 56.0 Å². The van der Waals surface area contributed by atoms with Gasteiger partial charge >= 0.3 is 11.9 Å². The number of fused-ring (bicyclic) bond motifs is 3. The number of aryl methyl sites for hydroxylation is 1. The van der Waals surface area contributed by atoms with Gasteiger partial charge in [-0.2, -0.15) is 0 Å². The average Bonchev–Trinajstić information content (AvgIpc) is 3.09. The summed E-state index contributed by atoms with van der Waals surface area (Å²) in [6.07, 6.45) is 6.95. The van der Waals surface area contributed by atoms with Crippen molar-refractivity contribution in [1.82, 2.24) is 10.3 Å². The molecular formula is C24H32N2O5. The summed E-state index contributed by atoms with van der Waals surface area (Å²) in [4.78, 5) is 35.0. The molecule has 0 saturated heterocycles. The fraction of sp³-hybridized carbons (Fsp3) is 0.458. The average molecular weight is 429 g/mol. The number of carboxylic acid groups (broad SMARTS) is 2. The monoisotopic (exact) mass is 428 g/mol. The predicted molar refractivity (Wildman–Crippen MR) is 121 cm³/mol. The second-order valence-electron chi connectivity index (χ2n) is 8.12. The highest BCUT2D eigenvalue weighted by Gasteiger charge is 2.23. The van der Waals surface area contributed by atoms with Crippen LogP contribution in [0, 0.1) is 5.92 Å². The Balaban J connectivity index is 0.000000366. The zero-order valence-corrected chi connectivity index (χ0v) is 18.4. The lowest BCUT2D eigenvalue weighted by atomic mass is 9.90. The summed E-state index contributed by atoms with van der Waals surface area (Å²) in [5, 5.41) is 20.6. The highest BCUT2D eigenvalue weighted by Crippen LogP contribution is 2.30. The van der Waals surface area contributed by atoms with Crippen LogP contribution in [0.3, 0.4) is 0 Å². The maximum absolute atomic E-state index is 12.3. The number of nitrogens with one attached hydrogen (secondary N) is 2. The third-order valence-corrected chi connectivity index (χ3v) is 5.33. The highest BCUT2D eigenvalue weighted by molar-refractivity contribution is 6.01. The third-order valence-electron chi connectivity index (χ3n) is 5.33. The van der Waals surface area contributed by atoms with Gasteiger partial charge in [0.15, 0.2) is 5.78 Å². The number of carbonyl (C=O) groups is 3. The number of carbonyl (C=O) groups excluding carboxylic acids is 1. The molecule has 1 heterocycles. The van der Waals surface area contributed by atoms with Crippen LogP contribution in [0.1, 0.15) is 61.6 Å². The van der Waals surface area contributed by atoms with E-state index in [1.807, 2.05) is 19.9 Å². The van der Waals surface area contributed by atoms with E-state index in [-0.39, 0.29) is 11.7 Å². The number of ketones is 1. The predicted octanol–water partition coefficient (Wildman–Crippen LogP) is 3.97. The van der Waals surface area contributed by atoms with Gasteiger partial charge in [0, 0.05) is 46.3 Å². The van der Waals surface area contributed by atoms with E-state index < -0.39 is 11.9 Å². The first kappa shape index (κ1) is 24.3. The molecule has 0 fully saturated rings. The number of aliphatic carboxylic acids is 2. The third kappa shape index (κ3) is 7.07. The van der Waals surface area contributed by atoms with Crippen molar-refractivity contribution in [2.24, 2.45) is 5.92 Å². The molecule has 7 nitrogen and oxygen atoms in total. The number of aromatic amines is 1. The summed E-state index contributed by atoms with van der Waals surface area (Å²) in [6, 6.07) is 6.70. The molecule has 1 aliphatic rings. The van der Waals surface area contributed by atoms with Crippen LogP contribution in [0.25, 0.3) is 10.9 Å². The number of unbranched alkanes of at least 4 members (excludes halogenated alkanes) is 1. The number of H-pyrrole nitrogens is 1. The number of aromatic nitrogens is 1. The number of rotatable bonds is 8. The minimum atomic E-state index is -1.26. The standard InChI is InChI=1S/C20H28N2O.C4H4O4/c1-4-5-10-21-15-7-9-19-17(12-15)16-11-14(20(23)13(2)3)6-8-18(16)22-19;5-3(6)1-2-4(7)8/h6,8,11,13,15,21-22H,4-5,7,9-10,12H2,1-3H3;1-2H,(H,5,6)(H,7,8). The normalized spacial score (nSPS) is 15.5. The topological polar surface area (TPSA) is 119 Å². The molecule has 0 spiro atoms. The Bertz CT molecular complexity index is 942. The molecule has 1 atom stereocenters. The molecule has 0 aliphatic heterocycles. The Morgan fingerprint density at radius 1 is 1.19 bits per heavy atom. The SMILES string of the molecule is CCCCNC1CCc2[nH]c3ccc(C(=O)C(C)C)cc3c2C1.O=C(O)C=CC(=O)O. The van der Waals surface area contributed by atoms with Gasteiger partial charge < -0.3 is 20.5 Å². The van der Waals surface area contributed by atoms with Gasteiger partial charge in [-0.3, -0.25) is 4.79 Å². The first-order valence-electron chi connectivity index (χ1n) is 10.8. The van der Waals surface area contributed by atoms with Gasteiger partial charge in [0.25, 0.3) is 0 Å². The lowest BCUT2D eigenvalue weighted by Crippen LogP contribution is -2.34. The molecule has 1 aromatic heterocycles. The van der Waals surface area contributed by atoms with Crippen LogP contribution in [-0.2, 0) is 22.4 Å². The van der Waals surface area contributed by atoms with Crippen molar-refractivity contribution in [3.05, 3.63) is 47.2 Å². The van der Waals surface area contributed by atoms with Crippen molar-refractivity contribution in [2.75, 3.05) is 6.54 Å².